The monoisotopic (exact) mass is 1450 g/mol. The summed E-state index contributed by atoms with van der Waals surface area (Å²) in [5, 5.41) is 131. The van der Waals surface area contributed by atoms with Crippen LogP contribution in [0.2, 0.25) is 10.0 Å². The molecule has 9 unspecified atom stereocenters. The van der Waals surface area contributed by atoms with E-state index in [1.165, 1.54) is 33.0 Å². The molecule has 5 aromatic carbocycles. The molecule has 0 saturated carbocycles. The first-order valence-corrected chi connectivity index (χ1v) is 32.4. The van der Waals surface area contributed by atoms with E-state index in [1.807, 2.05) is 13.8 Å². The molecular weight excluding hydrogens is 1370 g/mol. The minimum Gasteiger partial charge on any atom is -0.508 e. The highest BCUT2D eigenvalue weighted by molar-refractivity contribution is 6.32. The van der Waals surface area contributed by atoms with Crippen LogP contribution in [0.1, 0.15) is 112 Å². The lowest BCUT2D eigenvalue weighted by Crippen LogP contribution is -2.65. The fraction of sp³-hybridized carbons (Fsp3) is 0.424. The van der Waals surface area contributed by atoms with Gasteiger partial charge in [0.05, 0.1) is 47.7 Å². The minimum absolute atomic E-state index is 0.0952. The first-order chi connectivity index (χ1) is 47.6. The lowest BCUT2D eigenvalue weighted by molar-refractivity contribution is -0.393. The van der Waals surface area contributed by atoms with E-state index >= 15 is 14.4 Å². The quantitative estimate of drug-likeness (QED) is 0.0712. The molecule has 542 valence electrons. The molecule has 7 aliphatic heterocycles. The highest BCUT2D eigenvalue weighted by Crippen LogP contribution is 2.50. The van der Waals surface area contributed by atoms with Crippen molar-refractivity contribution in [3.05, 3.63) is 117 Å². The van der Waals surface area contributed by atoms with Crippen molar-refractivity contribution in [2.45, 2.75) is 156 Å². The number of halogens is 2. The zero-order valence-electron chi connectivity index (χ0n) is 54.4. The summed E-state index contributed by atoms with van der Waals surface area (Å²) in [4.78, 5) is 117. The number of nitrogens with one attached hydrogen (secondary N) is 7. The van der Waals surface area contributed by atoms with Crippen LogP contribution in [-0.2, 0) is 52.6 Å². The Morgan fingerprint density at radius 2 is 1.31 bits per heavy atom. The lowest BCUT2D eigenvalue weighted by atomic mass is 9.86. The zero-order chi connectivity index (χ0) is 73.6. The fourth-order valence-electron chi connectivity index (χ4n) is 12.6. The van der Waals surface area contributed by atoms with Crippen LogP contribution >= 0.6 is 23.2 Å². The number of aliphatic hydroxyl groups excluding tert-OH is 5. The summed E-state index contributed by atoms with van der Waals surface area (Å²) >= 11 is 14.1. The number of aliphatic hydroxyl groups is 6. The molecule has 0 spiro atoms. The summed E-state index contributed by atoms with van der Waals surface area (Å²) in [6.07, 6.45) is -15.7. The smallest absolute Gasteiger partial charge is 0.330 e. The number of hydrogen-bond acceptors (Lipinski definition) is 25. The van der Waals surface area contributed by atoms with Gasteiger partial charge >= 0.3 is 5.97 Å². The molecule has 0 aliphatic carbocycles. The maximum Gasteiger partial charge on any atom is 0.330 e. The number of likely N-dealkylation sites (N-methyl/N-ethyl adjacent to an activating group) is 1. The molecule has 7 aliphatic rings. The number of aromatic hydroxyl groups is 3. The third-order valence-corrected chi connectivity index (χ3v) is 18.4. The SMILES string of the molecule is CN[C@H](CC(C)C)C(=O)N[C@H]1C(=O)N[C@@H](CC(N)=O)C(=O)N[C@H]2C(=O)N[C@H]3C(=O)N[C@H](C(=O)NC(C(=O)O)c4cc(O)cc(O)c4-c4cc3ccc4O)[C@H](O)c3ccc(c(Cl)c3)Oc3cc2cc(c3OC2CC(O)(OC3CC(C)(N)C(O)C(C)O3)C(O)C(CO)O2)Oc2ccc(cc2Cl)[C@H]1O. The second-order valence-electron chi connectivity index (χ2n) is 25.8. The number of carboxylic acid groups (broad SMARTS) is 1. The molecule has 2 fully saturated rings. The van der Waals surface area contributed by atoms with Gasteiger partial charge < -0.3 is 128 Å². The number of phenolic OH excluding ortho intramolecular Hbond substituents is 3. The fourth-order valence-corrected chi connectivity index (χ4v) is 13.0. The number of nitrogens with two attached hydrogens (primary N) is 2. The number of ether oxygens (including phenoxy) is 6. The molecule has 12 rings (SSSR count). The van der Waals surface area contributed by atoms with Crippen LogP contribution in [0.25, 0.3) is 11.1 Å². The number of benzene rings is 5. The van der Waals surface area contributed by atoms with Crippen molar-refractivity contribution in [1.29, 1.82) is 0 Å². The van der Waals surface area contributed by atoms with Crippen LogP contribution in [0, 0.1) is 5.92 Å². The largest absolute Gasteiger partial charge is 0.508 e. The Kier molecular flexibility index (Phi) is 22.0. The van der Waals surface area contributed by atoms with Crippen molar-refractivity contribution in [2.75, 3.05) is 13.7 Å². The molecule has 0 radical (unpaired) electrons. The van der Waals surface area contributed by atoms with Gasteiger partial charge in [0.25, 0.3) is 0 Å². The van der Waals surface area contributed by atoms with E-state index < -0.39 is 231 Å². The van der Waals surface area contributed by atoms with Crippen LogP contribution in [0.4, 0.5) is 0 Å². The third-order valence-electron chi connectivity index (χ3n) is 17.8. The molecule has 33 nitrogen and oxygen atoms in total. The van der Waals surface area contributed by atoms with Crippen LogP contribution in [-0.4, -0.2) is 185 Å². The Labute approximate surface area is 584 Å². The highest BCUT2D eigenvalue weighted by Gasteiger charge is 2.54. The van der Waals surface area contributed by atoms with Gasteiger partial charge in [-0.15, -0.1) is 0 Å². The number of rotatable bonds is 13. The van der Waals surface area contributed by atoms with Crippen molar-refractivity contribution < 1.29 is 118 Å². The van der Waals surface area contributed by atoms with Crippen molar-refractivity contribution in [1.82, 2.24) is 37.2 Å². The maximum atomic E-state index is 16.0. The van der Waals surface area contributed by atoms with Crippen LogP contribution < -0.4 is 62.9 Å². The first kappa shape index (κ1) is 74.5. The Morgan fingerprint density at radius 1 is 0.703 bits per heavy atom. The summed E-state index contributed by atoms with van der Waals surface area (Å²) in [6, 6.07) is -0.592. The van der Waals surface area contributed by atoms with Crippen molar-refractivity contribution >= 4 is 70.5 Å². The van der Waals surface area contributed by atoms with E-state index in [0.29, 0.717) is 0 Å². The second-order valence-corrected chi connectivity index (χ2v) is 26.6. The van der Waals surface area contributed by atoms with Crippen LogP contribution in [0.5, 0.6) is 46.0 Å². The maximum absolute atomic E-state index is 16.0. The second kappa shape index (κ2) is 29.8. The molecule has 7 amide bonds. The molecule has 2 saturated heterocycles. The average molecular weight is 1450 g/mol. The Bertz CT molecular complexity index is 4090. The standard InChI is InChI=1S/C66H75Cl2N9O24/c1-24(2)12-35(71-5)58(87)76-51-53(83)27-7-10-39(33(67)14-27)97-41-16-29-17-42(55(41)100-45-22-66(95,57(86)43(23-78)99-45)101-46-21-65(4,70)56(85)25(3)96-46)98-40-11-8-28(15-34(40)68)54(84)52-63(92)75-50(64(93)94)32-18-30(79)19-38(81)47(32)31-13-26(6-9-37(31)80)48(60(89)77-52)74-61(90)49(29)73-59(88)36(20-44(69)82)72-62(51)91/h6-11,13-19,24-25,35-36,43,45-46,48-54,56-57,71,78-81,83-86,95H,12,20-23,70H2,1-5H3,(H2,69,82)(H,72,91)(H,73,88)(H,74,90)(H,75,92)(H,76,87)(H,77,89)(H,93,94)/t25?,35-,36+,43?,45?,46?,48-,49-,50?,51-,52+,53-,54-,56?,57?,65?,66?/m1/s1. The molecule has 101 heavy (non-hydrogen) atoms. The molecule has 11 bridgehead atoms. The van der Waals surface area contributed by atoms with E-state index in [-0.39, 0.29) is 52.0 Å². The topological polar surface area (TPSA) is 530 Å². The lowest BCUT2D eigenvalue weighted by Gasteiger charge is -2.48. The van der Waals surface area contributed by atoms with E-state index in [4.69, 9.17) is 63.1 Å². The number of hydrogen-bond donors (Lipinski definition) is 19. The number of amides is 7. The normalized spacial score (nSPS) is 29.4. The molecule has 21 N–H and O–H groups in total. The predicted octanol–water partition coefficient (Wildman–Crippen LogP) is 0.455. The highest BCUT2D eigenvalue weighted by atomic mass is 35.5. The van der Waals surface area contributed by atoms with Gasteiger partial charge in [0.1, 0.15) is 83.4 Å². The number of fused-ring (bicyclic) bond motifs is 15. The van der Waals surface area contributed by atoms with Gasteiger partial charge in [-0.2, -0.15) is 0 Å². The number of primary amides is 1. The zero-order valence-corrected chi connectivity index (χ0v) is 55.9. The van der Waals surface area contributed by atoms with Gasteiger partial charge in [0, 0.05) is 34.7 Å². The predicted molar refractivity (Wildman–Crippen MR) is 349 cm³/mol. The van der Waals surface area contributed by atoms with Gasteiger partial charge in [-0.05, 0) is 110 Å². The van der Waals surface area contributed by atoms with E-state index in [1.54, 1.807) is 0 Å². The number of carboxylic acids is 1. The summed E-state index contributed by atoms with van der Waals surface area (Å²) in [6.45, 7) is 5.60. The van der Waals surface area contributed by atoms with Crippen molar-refractivity contribution in [3.63, 3.8) is 0 Å². The average Bonchev–Trinajstić information content (AvgIpc) is 0.770. The number of phenols is 3. The Balaban J connectivity index is 1.22. The molecule has 7 heterocycles. The molecular formula is C66H75Cl2N9O24. The van der Waals surface area contributed by atoms with Crippen LogP contribution in [0.15, 0.2) is 78.9 Å². The summed E-state index contributed by atoms with van der Waals surface area (Å²) in [5.41, 5.74) is 7.97. The van der Waals surface area contributed by atoms with Gasteiger partial charge in [0.2, 0.25) is 59.2 Å². The summed E-state index contributed by atoms with van der Waals surface area (Å²) in [7, 11) is 1.47. The first-order valence-electron chi connectivity index (χ1n) is 31.6. The van der Waals surface area contributed by atoms with Crippen molar-refractivity contribution in [2.24, 2.45) is 17.4 Å². The van der Waals surface area contributed by atoms with Gasteiger partial charge in [-0.3, -0.25) is 33.6 Å². The third kappa shape index (κ3) is 15.8. The van der Waals surface area contributed by atoms with E-state index in [2.05, 4.69) is 37.2 Å². The number of aliphatic carboxylic acids is 1. The molecule has 0 aromatic heterocycles. The Hall–Kier alpha value is -9.20. The van der Waals surface area contributed by atoms with Crippen LogP contribution in [0.3, 0.4) is 0 Å². The van der Waals surface area contributed by atoms with Gasteiger partial charge in [-0.1, -0.05) is 55.2 Å². The molecule has 5 aromatic rings. The Morgan fingerprint density at radius 3 is 1.89 bits per heavy atom. The van der Waals surface area contributed by atoms with E-state index in [9.17, 15) is 75.0 Å². The molecule has 17 atom stereocenters. The van der Waals surface area contributed by atoms with Gasteiger partial charge in [0.15, 0.2) is 23.8 Å². The van der Waals surface area contributed by atoms with E-state index in [0.717, 1.165) is 66.7 Å². The minimum atomic E-state index is -2.78. The van der Waals surface area contributed by atoms with Crippen molar-refractivity contribution in [3.8, 4) is 57.1 Å². The van der Waals surface area contributed by atoms with Gasteiger partial charge in [-0.25, -0.2) is 4.79 Å². The number of carbonyl (C=O) groups excluding carboxylic acids is 7. The summed E-state index contributed by atoms with van der Waals surface area (Å²) < 4.78 is 37.7. The number of carbonyl (C=O) groups is 8. The molecule has 35 heteroatoms. The summed E-state index contributed by atoms with van der Waals surface area (Å²) in [5.74, 6) is -18.6.